The van der Waals surface area contributed by atoms with E-state index < -0.39 is 12.2 Å². The maximum atomic E-state index is 12.9. The third-order valence-electron chi connectivity index (χ3n) is 3.08. The second-order valence-electron chi connectivity index (χ2n) is 4.64. The zero-order valence-corrected chi connectivity index (χ0v) is 12.7. The van der Waals surface area contributed by atoms with Gasteiger partial charge in [0.1, 0.15) is 5.03 Å². The summed E-state index contributed by atoms with van der Waals surface area (Å²) in [6.45, 7) is 0. The molecule has 0 radical (unpaired) electrons. The normalized spacial score (nSPS) is 11.5. The van der Waals surface area contributed by atoms with Crippen molar-refractivity contribution in [3.8, 4) is 11.5 Å². The Labute approximate surface area is 137 Å². The summed E-state index contributed by atoms with van der Waals surface area (Å²) in [5.74, 6) is -0.139. The molecule has 0 atom stereocenters. The van der Waals surface area contributed by atoms with Crippen LogP contribution in [-0.2, 0) is 0 Å². The molecule has 0 aliphatic carbocycles. The molecule has 0 aliphatic rings. The second kappa shape index (κ2) is 5.96. The zero-order chi connectivity index (χ0) is 16.5. The molecule has 1 aromatic carbocycles. The Bertz CT molecular complexity index is 987. The molecular formula is C14H8F2N6OS. The lowest BCUT2D eigenvalue weighted by Gasteiger charge is -1.99. The molecule has 7 nitrogen and oxygen atoms in total. The fourth-order valence-corrected chi connectivity index (χ4v) is 2.66. The highest BCUT2D eigenvalue weighted by Crippen LogP contribution is 2.28. The first-order chi connectivity index (χ1) is 11.7. The van der Waals surface area contributed by atoms with Gasteiger partial charge in [-0.3, -0.25) is 0 Å². The van der Waals surface area contributed by atoms with Crippen LogP contribution in [0.25, 0.3) is 17.1 Å². The second-order valence-corrected chi connectivity index (χ2v) is 5.61. The standard InChI is InChI=1S/C14H8F2N6OS/c15-11(16)12-18-17-9-6-7-10(21-22(9)12)24-14-20-19-13(23-14)8-4-2-1-3-5-8/h1-7,11H. The van der Waals surface area contributed by atoms with Crippen molar-refractivity contribution in [2.45, 2.75) is 16.7 Å². The number of benzene rings is 1. The molecule has 3 heterocycles. The largest absolute Gasteiger partial charge is 0.411 e. The zero-order valence-electron chi connectivity index (χ0n) is 11.9. The van der Waals surface area contributed by atoms with E-state index in [9.17, 15) is 8.78 Å². The van der Waals surface area contributed by atoms with Crippen LogP contribution in [0.4, 0.5) is 8.78 Å². The molecule has 0 N–H and O–H groups in total. The summed E-state index contributed by atoms with van der Waals surface area (Å²) < 4.78 is 32.3. The maximum absolute atomic E-state index is 12.9. The minimum Gasteiger partial charge on any atom is -0.411 e. The van der Waals surface area contributed by atoms with E-state index in [-0.39, 0.29) is 10.9 Å². The summed E-state index contributed by atoms with van der Waals surface area (Å²) in [4.78, 5) is 0. The van der Waals surface area contributed by atoms with E-state index in [0.717, 1.165) is 21.8 Å². The van der Waals surface area contributed by atoms with Gasteiger partial charge < -0.3 is 4.42 Å². The number of fused-ring (bicyclic) bond motifs is 1. The highest BCUT2D eigenvalue weighted by Gasteiger charge is 2.18. The average Bonchev–Trinajstić information content (AvgIpc) is 3.22. The molecule has 0 fully saturated rings. The molecule has 0 bridgehead atoms. The molecule has 4 rings (SSSR count). The van der Waals surface area contributed by atoms with Crippen LogP contribution in [0.3, 0.4) is 0 Å². The van der Waals surface area contributed by atoms with Crippen molar-refractivity contribution in [1.29, 1.82) is 0 Å². The Kier molecular flexibility index (Phi) is 3.65. The van der Waals surface area contributed by atoms with Crippen molar-refractivity contribution in [3.05, 3.63) is 48.3 Å². The van der Waals surface area contributed by atoms with E-state index in [1.54, 1.807) is 12.1 Å². The average molecular weight is 346 g/mol. The Morgan fingerprint density at radius 1 is 0.958 bits per heavy atom. The van der Waals surface area contributed by atoms with Gasteiger partial charge in [0.25, 0.3) is 11.6 Å². The number of hydrogen-bond acceptors (Lipinski definition) is 7. The first-order valence-electron chi connectivity index (χ1n) is 6.78. The quantitative estimate of drug-likeness (QED) is 0.561. The molecule has 120 valence electrons. The number of aromatic nitrogens is 6. The van der Waals surface area contributed by atoms with Crippen LogP contribution in [0.1, 0.15) is 12.2 Å². The van der Waals surface area contributed by atoms with Crippen molar-refractivity contribution in [2.24, 2.45) is 0 Å². The molecular weight excluding hydrogens is 338 g/mol. The summed E-state index contributed by atoms with van der Waals surface area (Å²) in [7, 11) is 0. The van der Waals surface area contributed by atoms with Crippen molar-refractivity contribution in [3.63, 3.8) is 0 Å². The lowest BCUT2D eigenvalue weighted by Crippen LogP contribution is -2.00. The summed E-state index contributed by atoms with van der Waals surface area (Å²) in [5.41, 5.74) is 1.03. The molecule has 0 amide bonds. The highest BCUT2D eigenvalue weighted by atomic mass is 32.2. The van der Waals surface area contributed by atoms with Crippen LogP contribution >= 0.6 is 11.8 Å². The summed E-state index contributed by atoms with van der Waals surface area (Å²) in [6.07, 6.45) is -2.76. The molecule has 3 aromatic heterocycles. The highest BCUT2D eigenvalue weighted by molar-refractivity contribution is 7.99. The van der Waals surface area contributed by atoms with Gasteiger partial charge >= 0.3 is 0 Å². The Hall–Kier alpha value is -2.88. The molecule has 0 unspecified atom stereocenters. The van der Waals surface area contributed by atoms with E-state index in [1.807, 2.05) is 30.3 Å². The molecule has 0 aliphatic heterocycles. The van der Waals surface area contributed by atoms with Crippen LogP contribution in [0.2, 0.25) is 0 Å². The van der Waals surface area contributed by atoms with Gasteiger partial charge in [0.15, 0.2) is 5.65 Å². The van der Waals surface area contributed by atoms with Crippen LogP contribution in [0, 0.1) is 0 Å². The Morgan fingerprint density at radius 2 is 1.79 bits per heavy atom. The van der Waals surface area contributed by atoms with Gasteiger partial charge in [0, 0.05) is 5.56 Å². The fourth-order valence-electron chi connectivity index (χ4n) is 2.02. The molecule has 24 heavy (non-hydrogen) atoms. The smallest absolute Gasteiger partial charge is 0.299 e. The van der Waals surface area contributed by atoms with Crippen LogP contribution in [0.5, 0.6) is 0 Å². The first-order valence-corrected chi connectivity index (χ1v) is 7.59. The van der Waals surface area contributed by atoms with E-state index in [2.05, 4.69) is 25.5 Å². The van der Waals surface area contributed by atoms with Crippen LogP contribution < -0.4 is 0 Å². The van der Waals surface area contributed by atoms with Gasteiger partial charge in [-0.25, -0.2) is 8.78 Å². The monoisotopic (exact) mass is 346 g/mol. The summed E-state index contributed by atoms with van der Waals surface area (Å²) in [5, 5.41) is 19.7. The SMILES string of the molecule is FC(F)c1nnc2ccc(Sc3nnc(-c4ccccc4)o3)nn12. The molecule has 0 spiro atoms. The van der Waals surface area contributed by atoms with Crippen LogP contribution in [-0.4, -0.2) is 30.0 Å². The molecule has 0 saturated carbocycles. The maximum Gasteiger partial charge on any atom is 0.299 e. The van der Waals surface area contributed by atoms with Crippen molar-refractivity contribution < 1.29 is 13.2 Å². The minimum absolute atomic E-state index is 0.241. The molecule has 10 heteroatoms. The van der Waals surface area contributed by atoms with Gasteiger partial charge in [-0.05, 0) is 36.0 Å². The van der Waals surface area contributed by atoms with E-state index in [4.69, 9.17) is 4.42 Å². The number of halogens is 2. The Morgan fingerprint density at radius 3 is 2.58 bits per heavy atom. The minimum atomic E-state index is -2.76. The number of hydrogen-bond donors (Lipinski definition) is 0. The van der Waals surface area contributed by atoms with Gasteiger partial charge in [-0.2, -0.15) is 9.61 Å². The van der Waals surface area contributed by atoms with Gasteiger partial charge in [0.05, 0.1) is 0 Å². The fraction of sp³-hybridized carbons (Fsp3) is 0.0714. The number of rotatable bonds is 4. The predicted molar refractivity (Wildman–Crippen MR) is 79.6 cm³/mol. The topological polar surface area (TPSA) is 82.0 Å². The number of alkyl halides is 2. The van der Waals surface area contributed by atoms with Gasteiger partial charge in [-0.15, -0.1) is 20.4 Å². The van der Waals surface area contributed by atoms with E-state index >= 15 is 0 Å². The molecule has 4 aromatic rings. The van der Waals surface area contributed by atoms with Crippen LogP contribution in [0.15, 0.2) is 57.1 Å². The van der Waals surface area contributed by atoms with Gasteiger partial charge in [0.2, 0.25) is 11.7 Å². The van der Waals surface area contributed by atoms with E-state index in [1.165, 1.54) is 0 Å². The lowest BCUT2D eigenvalue weighted by atomic mass is 10.2. The van der Waals surface area contributed by atoms with Crippen molar-refractivity contribution in [1.82, 2.24) is 30.0 Å². The number of nitrogens with zero attached hydrogens (tertiary/aromatic N) is 6. The summed E-state index contributed by atoms with van der Waals surface area (Å²) in [6, 6.07) is 12.5. The molecule has 0 saturated heterocycles. The lowest BCUT2D eigenvalue weighted by molar-refractivity contribution is 0.137. The van der Waals surface area contributed by atoms with E-state index in [0.29, 0.717) is 10.9 Å². The van der Waals surface area contributed by atoms with Crippen molar-refractivity contribution in [2.75, 3.05) is 0 Å². The van der Waals surface area contributed by atoms with Gasteiger partial charge in [-0.1, -0.05) is 18.2 Å². The predicted octanol–water partition coefficient (Wildman–Crippen LogP) is 3.26. The van der Waals surface area contributed by atoms with Crippen molar-refractivity contribution >= 4 is 17.4 Å². The third-order valence-corrected chi connectivity index (χ3v) is 3.84. The Balaban J connectivity index is 1.63. The summed E-state index contributed by atoms with van der Waals surface area (Å²) >= 11 is 1.07. The first kappa shape index (κ1) is 14.7. The third kappa shape index (κ3) is 2.71.